The molecule has 0 radical (unpaired) electrons. The van der Waals surface area contributed by atoms with Gasteiger partial charge < -0.3 is 34.5 Å². The first-order valence-electron chi connectivity index (χ1n) is 9.10. The van der Waals surface area contributed by atoms with Crippen LogP contribution in [0.15, 0.2) is 35.7 Å². The first kappa shape index (κ1) is 27.8. The Morgan fingerprint density at radius 3 is 2.12 bits per heavy atom. The number of aliphatic hydroxyl groups excluding tert-OH is 1. The smallest absolute Gasteiger partial charge is 0.548 e. The molecule has 9 nitrogen and oxygen atoms in total. The van der Waals surface area contributed by atoms with Crippen molar-refractivity contribution in [2.24, 2.45) is 0 Å². The summed E-state index contributed by atoms with van der Waals surface area (Å²) in [5.41, 5.74) is 1.74. The van der Waals surface area contributed by atoms with E-state index >= 15 is 0 Å². The van der Waals surface area contributed by atoms with Gasteiger partial charge in [0, 0.05) is 5.41 Å². The Labute approximate surface area is 209 Å². The number of sulfone groups is 1. The predicted octanol–water partition coefficient (Wildman–Crippen LogP) is -2.04. The molecule has 2 aromatic carbocycles. The van der Waals surface area contributed by atoms with E-state index in [0.29, 0.717) is 39.6 Å². The molecule has 0 atom stereocenters. The van der Waals surface area contributed by atoms with E-state index in [1.54, 1.807) is 24.3 Å². The van der Waals surface area contributed by atoms with E-state index in [0.717, 1.165) is 5.41 Å². The average Bonchev–Trinajstić information content (AvgIpc) is 2.75. The molecule has 2 N–H and O–H groups in total. The molecule has 0 amide bonds. The van der Waals surface area contributed by atoms with Crippen LogP contribution in [0.4, 0.5) is 5.69 Å². The van der Waals surface area contributed by atoms with Crippen LogP contribution in [0.5, 0.6) is 17.2 Å². The number of benzene rings is 2. The van der Waals surface area contributed by atoms with Gasteiger partial charge in [-0.25, -0.2) is 8.42 Å². The van der Waals surface area contributed by atoms with E-state index in [9.17, 15) is 23.4 Å². The second kappa shape index (κ2) is 12.7. The summed E-state index contributed by atoms with van der Waals surface area (Å²) >= 11 is 0. The summed E-state index contributed by atoms with van der Waals surface area (Å²) in [4.78, 5) is 10.7. The van der Waals surface area contributed by atoms with E-state index < -0.39 is 22.4 Å². The van der Waals surface area contributed by atoms with Crippen LogP contribution in [0.2, 0.25) is 0 Å². The number of anilines is 1. The van der Waals surface area contributed by atoms with Crippen LogP contribution in [0.1, 0.15) is 16.7 Å². The van der Waals surface area contributed by atoms with Crippen molar-refractivity contribution in [1.29, 1.82) is 0 Å². The number of methoxy groups -OCH3 is 3. The molecule has 0 aliphatic heterocycles. The summed E-state index contributed by atoms with van der Waals surface area (Å²) in [6.07, 6.45) is 1.37. The quantitative estimate of drug-likeness (QED) is 0.354. The molecule has 0 heterocycles. The monoisotopic (exact) mass is 473 g/mol. The number of nitrogens with one attached hydrogen (secondary N) is 1. The van der Waals surface area contributed by atoms with E-state index in [1.165, 1.54) is 33.5 Å². The van der Waals surface area contributed by atoms with Crippen LogP contribution < -0.4 is 54.2 Å². The van der Waals surface area contributed by atoms with Gasteiger partial charge in [0.1, 0.15) is 17.2 Å². The zero-order chi connectivity index (χ0) is 23.0. The third kappa shape index (κ3) is 7.72. The third-order valence-electron chi connectivity index (χ3n) is 4.28. The van der Waals surface area contributed by atoms with Gasteiger partial charge in [0.25, 0.3) is 0 Å². The van der Waals surface area contributed by atoms with Crippen molar-refractivity contribution in [1.82, 2.24) is 0 Å². The van der Waals surface area contributed by atoms with Crippen molar-refractivity contribution in [3.8, 4) is 17.2 Å². The second-order valence-corrected chi connectivity index (χ2v) is 8.33. The molecule has 32 heavy (non-hydrogen) atoms. The molecule has 0 fully saturated rings. The molecule has 2 aromatic rings. The maximum absolute atomic E-state index is 12.7. The SMILES string of the molecule is COc1ccc(CS(=O)(=O)/C=C/c2c(OC)cc(CO)cc2OC)cc1NCC(=O)[O-].[Na+]. The number of carboxylic acids is 1. The minimum Gasteiger partial charge on any atom is -0.548 e. The molecule has 168 valence electrons. The summed E-state index contributed by atoms with van der Waals surface area (Å²) < 4.78 is 41.1. The van der Waals surface area contributed by atoms with Crippen LogP contribution in [-0.2, 0) is 27.0 Å². The Morgan fingerprint density at radius 2 is 1.62 bits per heavy atom. The summed E-state index contributed by atoms with van der Waals surface area (Å²) in [5.74, 6) is -0.553. The number of rotatable bonds is 11. The van der Waals surface area contributed by atoms with Crippen LogP contribution in [0.3, 0.4) is 0 Å². The standard InChI is InChI=1S/C21H25NO8S.Na/c1-28-18-5-4-14(8-17(18)22-11-21(24)25)13-31(26,27)7-6-16-19(29-2)9-15(12-23)10-20(16)30-3;/h4-10,22-23H,11-13H2,1-3H3,(H,24,25);/q;+1/p-1/b7-6+;. The summed E-state index contributed by atoms with van der Waals surface area (Å²) in [6, 6.07) is 7.81. The Bertz CT molecular complexity index is 1040. The van der Waals surface area contributed by atoms with Gasteiger partial charge in [-0.15, -0.1) is 0 Å². The average molecular weight is 473 g/mol. The summed E-state index contributed by atoms with van der Waals surface area (Å²) in [7, 11) is 0.575. The summed E-state index contributed by atoms with van der Waals surface area (Å²) in [5, 5.41) is 23.7. The van der Waals surface area contributed by atoms with Gasteiger partial charge in [-0.2, -0.15) is 0 Å². The minimum absolute atomic E-state index is 0. The number of ether oxygens (including phenoxy) is 3. The van der Waals surface area contributed by atoms with Gasteiger partial charge >= 0.3 is 29.6 Å². The van der Waals surface area contributed by atoms with Crippen molar-refractivity contribution in [3.05, 3.63) is 52.4 Å². The number of aliphatic hydroxyl groups is 1. The first-order chi connectivity index (χ1) is 14.7. The predicted molar refractivity (Wildman–Crippen MR) is 114 cm³/mol. The fourth-order valence-electron chi connectivity index (χ4n) is 2.85. The molecule has 0 unspecified atom stereocenters. The molecule has 2 rings (SSSR count). The molecule has 0 saturated carbocycles. The molecule has 0 aliphatic rings. The number of carbonyl (C=O) groups is 1. The molecular formula is C21H24NNaO8S. The van der Waals surface area contributed by atoms with E-state index in [1.807, 2.05) is 0 Å². The minimum atomic E-state index is -3.70. The third-order valence-corrected chi connectivity index (χ3v) is 5.57. The zero-order valence-electron chi connectivity index (χ0n) is 18.4. The van der Waals surface area contributed by atoms with E-state index in [-0.39, 0.29) is 41.9 Å². The maximum Gasteiger partial charge on any atom is 1.00 e. The van der Waals surface area contributed by atoms with Crippen LogP contribution in [-0.4, -0.2) is 47.4 Å². The Hall–Kier alpha value is -2.24. The number of carbonyl (C=O) groups excluding carboxylic acids is 1. The molecular weight excluding hydrogens is 449 g/mol. The van der Waals surface area contributed by atoms with Gasteiger partial charge in [-0.3, -0.25) is 0 Å². The van der Waals surface area contributed by atoms with Gasteiger partial charge in [0.15, 0.2) is 9.84 Å². The largest absolute Gasteiger partial charge is 1.00 e. The first-order valence-corrected chi connectivity index (χ1v) is 10.8. The van der Waals surface area contributed by atoms with Gasteiger partial charge in [-0.05, 0) is 41.5 Å². The van der Waals surface area contributed by atoms with Gasteiger partial charge in [0.2, 0.25) is 0 Å². The summed E-state index contributed by atoms with van der Waals surface area (Å²) in [6.45, 7) is -0.670. The zero-order valence-corrected chi connectivity index (χ0v) is 21.2. The Balaban J connectivity index is 0.00000512. The van der Waals surface area contributed by atoms with Crippen LogP contribution in [0.25, 0.3) is 6.08 Å². The van der Waals surface area contributed by atoms with Crippen molar-refractivity contribution >= 4 is 27.6 Å². The molecule has 0 spiro atoms. The number of hydrogen-bond acceptors (Lipinski definition) is 9. The fraction of sp³-hybridized carbons (Fsp3) is 0.286. The van der Waals surface area contributed by atoms with E-state index in [4.69, 9.17) is 14.2 Å². The number of carboxylic acid groups (broad SMARTS) is 1. The molecule has 0 bridgehead atoms. The fourth-order valence-corrected chi connectivity index (χ4v) is 3.94. The maximum atomic E-state index is 12.7. The second-order valence-electron chi connectivity index (χ2n) is 6.44. The normalized spacial score (nSPS) is 11.0. The topological polar surface area (TPSA) is 134 Å². The Morgan fingerprint density at radius 1 is 1.03 bits per heavy atom. The van der Waals surface area contributed by atoms with Crippen molar-refractivity contribution in [2.75, 3.05) is 33.2 Å². The van der Waals surface area contributed by atoms with Crippen molar-refractivity contribution < 1.29 is 67.2 Å². The molecule has 0 aliphatic carbocycles. The molecule has 0 aromatic heterocycles. The van der Waals surface area contributed by atoms with E-state index in [2.05, 4.69) is 5.32 Å². The van der Waals surface area contributed by atoms with Crippen LogP contribution in [0, 0.1) is 0 Å². The van der Waals surface area contributed by atoms with Crippen LogP contribution >= 0.6 is 0 Å². The van der Waals surface area contributed by atoms with Crippen molar-refractivity contribution in [2.45, 2.75) is 12.4 Å². The Kier molecular flexibility index (Phi) is 11.0. The van der Waals surface area contributed by atoms with Gasteiger partial charge in [-0.1, -0.05) is 6.07 Å². The number of aliphatic carboxylic acids is 1. The van der Waals surface area contributed by atoms with Crippen molar-refractivity contribution in [3.63, 3.8) is 0 Å². The van der Waals surface area contributed by atoms with Gasteiger partial charge in [0.05, 0.1) is 57.5 Å². The molecule has 11 heteroatoms. The number of hydrogen-bond donors (Lipinski definition) is 2. The molecule has 0 saturated heterocycles.